The Bertz CT molecular complexity index is 1610. The lowest BCUT2D eigenvalue weighted by Crippen LogP contribution is -2.65. The molecule has 0 aliphatic carbocycles. The second-order valence-corrected chi connectivity index (χ2v) is 14.6. The van der Waals surface area contributed by atoms with Crippen LogP contribution in [0.3, 0.4) is 0 Å². The van der Waals surface area contributed by atoms with E-state index in [9.17, 15) is 34.5 Å². The Morgan fingerprint density at radius 1 is 0.885 bits per heavy atom. The molecule has 6 rings (SSSR count). The number of carbonyl (C=O) groups is 4. The number of nitrogens with zero attached hydrogens (tertiary/aromatic N) is 2. The normalized spacial score (nSPS) is 29.3. The Hall–Kier alpha value is -4.12. The lowest BCUT2D eigenvalue weighted by atomic mass is 9.96. The summed E-state index contributed by atoms with van der Waals surface area (Å²) in [7, 11) is 0. The zero-order chi connectivity index (χ0) is 37.2. The highest BCUT2D eigenvalue weighted by atomic mass is 16.8. The van der Waals surface area contributed by atoms with Gasteiger partial charge in [-0.2, -0.15) is 0 Å². The van der Waals surface area contributed by atoms with Crippen LogP contribution in [0.15, 0.2) is 54.6 Å². The summed E-state index contributed by atoms with van der Waals surface area (Å²) in [5, 5.41) is 38.4. The molecule has 4 aliphatic rings. The standard InChI is InChI=1S/C37H49N5O10/c1-36(2)51-29-20-50-37(49,31(44)30(29)52-36)21-39-25(18-23-12-14-24(43)15-13-23)34(47)42-17-7-11-28(42)33(46)40-26(19-22-8-4-3-5-9-22)35(48)41-16-6-10-27(41)32(38)45/h3-5,8-9,12-15,25-31,39,43-44,49H,6-7,10-11,16-21H2,1-2H3,(H2,38,45)(H,40,46)/t25-,26-,27-,28-,29+,30+,31-,37+/m0/s1. The van der Waals surface area contributed by atoms with Gasteiger partial charge in [0.05, 0.1) is 19.2 Å². The van der Waals surface area contributed by atoms with Crippen molar-refractivity contribution in [3.8, 4) is 5.75 Å². The van der Waals surface area contributed by atoms with E-state index in [0.29, 0.717) is 37.8 Å². The number of nitrogens with one attached hydrogen (secondary N) is 2. The minimum atomic E-state index is -2.12. The van der Waals surface area contributed by atoms with Gasteiger partial charge in [0.25, 0.3) is 0 Å². The molecule has 0 unspecified atom stereocenters. The Morgan fingerprint density at radius 2 is 1.48 bits per heavy atom. The molecule has 0 radical (unpaired) electrons. The van der Waals surface area contributed by atoms with Crippen LogP contribution in [0, 0.1) is 0 Å². The Labute approximate surface area is 302 Å². The van der Waals surface area contributed by atoms with Crippen LogP contribution in [0.25, 0.3) is 0 Å². The van der Waals surface area contributed by atoms with Gasteiger partial charge in [0.15, 0.2) is 5.79 Å². The molecule has 4 fully saturated rings. The van der Waals surface area contributed by atoms with Crippen molar-refractivity contribution >= 4 is 23.6 Å². The number of nitrogens with two attached hydrogens (primary N) is 1. The average molecular weight is 724 g/mol. The van der Waals surface area contributed by atoms with E-state index in [4.69, 9.17) is 19.9 Å². The highest BCUT2D eigenvalue weighted by molar-refractivity contribution is 5.95. The number of aliphatic hydroxyl groups excluding tert-OH is 1. The molecule has 4 saturated heterocycles. The molecule has 4 heterocycles. The zero-order valence-corrected chi connectivity index (χ0v) is 29.5. The van der Waals surface area contributed by atoms with Crippen LogP contribution in [0.4, 0.5) is 0 Å². The maximum Gasteiger partial charge on any atom is 0.246 e. The van der Waals surface area contributed by atoms with Crippen molar-refractivity contribution < 1.29 is 48.7 Å². The number of hydrogen-bond donors (Lipinski definition) is 6. The minimum absolute atomic E-state index is 0.0469. The summed E-state index contributed by atoms with van der Waals surface area (Å²) in [6.07, 6.45) is -0.712. The lowest BCUT2D eigenvalue weighted by Gasteiger charge is -2.42. The second kappa shape index (κ2) is 15.5. The fourth-order valence-corrected chi connectivity index (χ4v) is 7.72. The van der Waals surface area contributed by atoms with Crippen LogP contribution in [0.1, 0.15) is 50.7 Å². The molecule has 0 spiro atoms. The predicted octanol–water partition coefficient (Wildman–Crippen LogP) is -0.312. The molecule has 2 aromatic rings. The van der Waals surface area contributed by atoms with Gasteiger partial charge in [0.2, 0.25) is 29.4 Å². The van der Waals surface area contributed by atoms with Crippen molar-refractivity contribution in [2.24, 2.45) is 5.73 Å². The second-order valence-electron chi connectivity index (χ2n) is 14.6. The summed E-state index contributed by atoms with van der Waals surface area (Å²) >= 11 is 0. The maximum absolute atomic E-state index is 14.4. The number of amides is 4. The first-order valence-electron chi connectivity index (χ1n) is 17.9. The maximum atomic E-state index is 14.4. The number of hydrogen-bond acceptors (Lipinski definition) is 11. The van der Waals surface area contributed by atoms with Crippen molar-refractivity contribution in [3.05, 3.63) is 65.7 Å². The van der Waals surface area contributed by atoms with Crippen LogP contribution in [-0.4, -0.2) is 129 Å². The highest BCUT2D eigenvalue weighted by Crippen LogP contribution is 2.37. The number of primary amides is 1. The average Bonchev–Trinajstić information content (AvgIpc) is 3.88. The molecule has 15 nitrogen and oxygen atoms in total. The fraction of sp³-hybridized carbons (Fsp3) is 0.568. The smallest absolute Gasteiger partial charge is 0.246 e. The van der Waals surface area contributed by atoms with E-state index in [-0.39, 0.29) is 38.3 Å². The molecule has 52 heavy (non-hydrogen) atoms. The third kappa shape index (κ3) is 8.24. The van der Waals surface area contributed by atoms with Crippen molar-refractivity contribution in [2.45, 2.75) is 106 Å². The zero-order valence-electron chi connectivity index (χ0n) is 29.5. The van der Waals surface area contributed by atoms with Crippen LogP contribution >= 0.6 is 0 Å². The SMILES string of the molecule is CC1(C)O[C@@H]2[C@@H](CO[C@](O)(CN[C@@H](Cc3ccc(O)cc3)C(=O)N3CCC[C@H]3C(=O)N[C@@H](Cc3ccccc3)C(=O)N3CCC[C@H]3C(N)=O)[C@H]2O)O1. The van der Waals surface area contributed by atoms with Crippen LogP contribution < -0.4 is 16.4 Å². The van der Waals surface area contributed by atoms with Gasteiger partial charge in [-0.1, -0.05) is 42.5 Å². The van der Waals surface area contributed by atoms with Crippen LogP contribution in [0.5, 0.6) is 5.75 Å². The third-order valence-corrected chi connectivity index (χ3v) is 10.4. The summed E-state index contributed by atoms with van der Waals surface area (Å²) in [6, 6.07) is 11.9. The summed E-state index contributed by atoms with van der Waals surface area (Å²) in [5.41, 5.74) is 7.11. The van der Waals surface area contributed by atoms with Gasteiger partial charge < -0.3 is 55.7 Å². The number of aromatic hydroxyl groups is 1. The number of carbonyl (C=O) groups excluding carboxylic acids is 4. The van der Waals surface area contributed by atoms with Crippen LogP contribution in [-0.2, 0) is 46.2 Å². The molecule has 282 valence electrons. The molecule has 0 aromatic heterocycles. The number of phenols is 1. The molecule has 2 aromatic carbocycles. The quantitative estimate of drug-likeness (QED) is 0.167. The van der Waals surface area contributed by atoms with Gasteiger partial charge in [-0.15, -0.1) is 0 Å². The van der Waals surface area contributed by atoms with E-state index in [0.717, 1.165) is 5.56 Å². The number of phenolic OH excluding ortho intramolecular Hbond substituents is 1. The predicted molar refractivity (Wildman–Crippen MR) is 185 cm³/mol. The van der Waals surface area contributed by atoms with E-state index in [1.54, 1.807) is 26.0 Å². The molecule has 8 atom stereocenters. The van der Waals surface area contributed by atoms with E-state index < -0.39 is 77.7 Å². The van der Waals surface area contributed by atoms with Crippen molar-refractivity contribution in [1.82, 2.24) is 20.4 Å². The summed E-state index contributed by atoms with van der Waals surface area (Å²) < 4.78 is 17.3. The number of aliphatic hydroxyl groups is 2. The highest BCUT2D eigenvalue weighted by Gasteiger charge is 2.56. The Kier molecular flexibility index (Phi) is 11.2. The van der Waals surface area contributed by atoms with Gasteiger partial charge >= 0.3 is 0 Å². The van der Waals surface area contributed by atoms with Gasteiger partial charge in [-0.25, -0.2) is 0 Å². The largest absolute Gasteiger partial charge is 0.508 e. The number of benzene rings is 2. The Balaban J connectivity index is 1.19. The molecule has 7 N–H and O–H groups in total. The monoisotopic (exact) mass is 723 g/mol. The van der Waals surface area contributed by atoms with Crippen LogP contribution in [0.2, 0.25) is 0 Å². The third-order valence-electron chi connectivity index (χ3n) is 10.4. The van der Waals surface area contributed by atoms with E-state index in [1.165, 1.54) is 21.9 Å². The number of likely N-dealkylation sites (tertiary alicyclic amines) is 2. The van der Waals surface area contributed by atoms with E-state index in [1.807, 2.05) is 30.3 Å². The molecule has 0 saturated carbocycles. The summed E-state index contributed by atoms with van der Waals surface area (Å²) in [5.74, 6) is -5.00. The first kappa shape index (κ1) is 37.6. The number of rotatable bonds is 12. The summed E-state index contributed by atoms with van der Waals surface area (Å²) in [6.45, 7) is 3.61. The molecule has 15 heteroatoms. The molecule has 4 aliphatic heterocycles. The summed E-state index contributed by atoms with van der Waals surface area (Å²) in [4.78, 5) is 57.4. The van der Waals surface area contributed by atoms with Gasteiger partial charge in [0.1, 0.15) is 42.2 Å². The van der Waals surface area contributed by atoms with Gasteiger partial charge in [0, 0.05) is 19.5 Å². The van der Waals surface area contributed by atoms with E-state index in [2.05, 4.69) is 10.6 Å². The first-order chi connectivity index (χ1) is 24.7. The topological polar surface area (TPSA) is 213 Å². The number of fused-ring (bicyclic) bond motifs is 1. The van der Waals surface area contributed by atoms with Crippen molar-refractivity contribution in [1.29, 1.82) is 0 Å². The first-order valence-corrected chi connectivity index (χ1v) is 17.9. The van der Waals surface area contributed by atoms with Crippen molar-refractivity contribution in [3.63, 3.8) is 0 Å². The Morgan fingerprint density at radius 3 is 2.15 bits per heavy atom. The van der Waals surface area contributed by atoms with E-state index >= 15 is 0 Å². The number of ether oxygens (including phenoxy) is 3. The fourth-order valence-electron chi connectivity index (χ4n) is 7.72. The van der Waals surface area contributed by atoms with Gasteiger partial charge in [-0.05, 0) is 69.2 Å². The molecule has 4 amide bonds. The minimum Gasteiger partial charge on any atom is -0.508 e. The molecular weight excluding hydrogens is 674 g/mol. The van der Waals surface area contributed by atoms with Gasteiger partial charge in [-0.3, -0.25) is 19.2 Å². The lowest BCUT2D eigenvalue weighted by molar-refractivity contribution is -0.303. The molecular formula is C37H49N5O10. The molecule has 0 bridgehead atoms. The van der Waals surface area contributed by atoms with Crippen molar-refractivity contribution in [2.75, 3.05) is 26.2 Å².